The summed E-state index contributed by atoms with van der Waals surface area (Å²) in [4.78, 5) is 16.3. The highest BCUT2D eigenvalue weighted by atomic mass is 35.5. The van der Waals surface area contributed by atoms with Crippen molar-refractivity contribution < 1.29 is 26.7 Å². The molecule has 0 spiro atoms. The van der Waals surface area contributed by atoms with Crippen molar-refractivity contribution in [3.63, 3.8) is 0 Å². The van der Waals surface area contributed by atoms with E-state index in [1.165, 1.54) is 29.1 Å². The van der Waals surface area contributed by atoms with Crippen LogP contribution >= 0.6 is 11.6 Å². The van der Waals surface area contributed by atoms with Crippen LogP contribution in [0.15, 0.2) is 48.9 Å². The Morgan fingerprint density at radius 1 is 1.20 bits per heavy atom. The number of carbonyl (C=O) groups excluding carboxylic acids is 1. The molecule has 0 atom stereocenters. The van der Waals surface area contributed by atoms with Crippen molar-refractivity contribution in [2.75, 3.05) is 6.54 Å². The number of alkyl halides is 5. The number of pyridine rings is 1. The van der Waals surface area contributed by atoms with Crippen molar-refractivity contribution in [2.45, 2.75) is 19.0 Å². The van der Waals surface area contributed by atoms with Crippen molar-refractivity contribution in [1.29, 1.82) is 0 Å². The summed E-state index contributed by atoms with van der Waals surface area (Å²) in [6.45, 7) is -0.00556. The van der Waals surface area contributed by atoms with E-state index in [0.717, 1.165) is 24.5 Å². The van der Waals surface area contributed by atoms with Gasteiger partial charge in [0.1, 0.15) is 0 Å². The van der Waals surface area contributed by atoms with Gasteiger partial charge in [0.05, 0.1) is 45.5 Å². The molecule has 1 aromatic carbocycles. The Kier molecular flexibility index (Phi) is 6.35. The summed E-state index contributed by atoms with van der Waals surface area (Å²) in [6, 6.07) is 5.94. The third-order valence-electron chi connectivity index (χ3n) is 4.15. The van der Waals surface area contributed by atoms with Gasteiger partial charge < -0.3 is 5.32 Å². The van der Waals surface area contributed by atoms with E-state index in [-0.39, 0.29) is 23.6 Å². The topological polar surface area (TPSA) is 59.8 Å². The zero-order valence-electron chi connectivity index (χ0n) is 15.1. The van der Waals surface area contributed by atoms with E-state index in [0.29, 0.717) is 11.4 Å². The van der Waals surface area contributed by atoms with E-state index in [4.69, 9.17) is 11.6 Å². The van der Waals surface area contributed by atoms with E-state index >= 15 is 0 Å². The van der Waals surface area contributed by atoms with E-state index < -0.39 is 29.6 Å². The van der Waals surface area contributed by atoms with E-state index in [1.54, 1.807) is 0 Å². The first-order valence-electron chi connectivity index (χ1n) is 8.58. The summed E-state index contributed by atoms with van der Waals surface area (Å²) in [5.41, 5.74) is -1.01. The Hall–Kier alpha value is -3.01. The second-order valence-corrected chi connectivity index (χ2v) is 6.60. The standard InChI is InChI=1S/C19H14ClF5N4O/c20-15-7-12(29-10-11(8-28-29)17(21)22)9-27-16(15)5-6-26-18(30)13-3-1-2-4-14(13)19(23,24)25/h1-4,7-10,17H,5-6H2,(H,26,30). The van der Waals surface area contributed by atoms with E-state index in [2.05, 4.69) is 15.4 Å². The molecule has 0 bridgehead atoms. The molecule has 3 aromatic rings. The second kappa shape index (κ2) is 8.78. The third kappa shape index (κ3) is 4.93. The molecule has 2 aromatic heterocycles. The van der Waals surface area contributed by atoms with Crippen molar-refractivity contribution in [3.05, 3.63) is 76.3 Å². The highest BCUT2D eigenvalue weighted by Crippen LogP contribution is 2.31. The third-order valence-corrected chi connectivity index (χ3v) is 4.47. The lowest BCUT2D eigenvalue weighted by molar-refractivity contribution is -0.137. The average Bonchev–Trinajstić information content (AvgIpc) is 3.19. The van der Waals surface area contributed by atoms with Crippen LogP contribution in [0.1, 0.15) is 33.6 Å². The molecular weight excluding hydrogens is 431 g/mol. The molecule has 0 aliphatic carbocycles. The minimum atomic E-state index is -4.65. The smallest absolute Gasteiger partial charge is 0.352 e. The summed E-state index contributed by atoms with van der Waals surface area (Å²) in [5, 5.41) is 6.43. The van der Waals surface area contributed by atoms with Crippen LogP contribution in [0.4, 0.5) is 22.0 Å². The largest absolute Gasteiger partial charge is 0.417 e. The number of nitrogens with one attached hydrogen (secondary N) is 1. The lowest BCUT2D eigenvalue weighted by Gasteiger charge is -2.13. The van der Waals surface area contributed by atoms with Gasteiger partial charge in [-0.05, 0) is 18.2 Å². The molecule has 0 aliphatic heterocycles. The number of hydrogen-bond acceptors (Lipinski definition) is 3. The summed E-state index contributed by atoms with van der Waals surface area (Å²) in [6.07, 6.45) is -3.61. The van der Waals surface area contributed by atoms with Crippen molar-refractivity contribution in [3.8, 4) is 5.69 Å². The maximum atomic E-state index is 13.0. The zero-order chi connectivity index (χ0) is 21.9. The van der Waals surface area contributed by atoms with Crippen LogP contribution in [0.25, 0.3) is 5.69 Å². The Labute approximate surface area is 172 Å². The SMILES string of the molecule is O=C(NCCc1ncc(-n2cc(C(F)F)cn2)cc1Cl)c1ccccc1C(F)(F)F. The van der Waals surface area contributed by atoms with Crippen molar-refractivity contribution in [2.24, 2.45) is 0 Å². The molecule has 11 heteroatoms. The predicted molar refractivity (Wildman–Crippen MR) is 98.8 cm³/mol. The van der Waals surface area contributed by atoms with Gasteiger partial charge in [0.15, 0.2) is 0 Å². The molecule has 2 heterocycles. The highest BCUT2D eigenvalue weighted by Gasteiger charge is 2.34. The lowest BCUT2D eigenvalue weighted by Crippen LogP contribution is -2.28. The Bertz CT molecular complexity index is 1050. The van der Waals surface area contributed by atoms with Crippen LogP contribution in [-0.4, -0.2) is 27.2 Å². The molecule has 1 amide bonds. The van der Waals surface area contributed by atoms with Crippen LogP contribution in [0.2, 0.25) is 5.02 Å². The van der Waals surface area contributed by atoms with Gasteiger partial charge in [-0.15, -0.1) is 0 Å². The van der Waals surface area contributed by atoms with Gasteiger partial charge in [-0.2, -0.15) is 18.3 Å². The number of benzene rings is 1. The molecule has 3 rings (SSSR count). The number of rotatable bonds is 6. The molecule has 0 unspecified atom stereocenters. The molecule has 0 saturated carbocycles. The fraction of sp³-hybridized carbons (Fsp3) is 0.211. The highest BCUT2D eigenvalue weighted by molar-refractivity contribution is 6.31. The lowest BCUT2D eigenvalue weighted by atomic mass is 10.1. The molecule has 0 fully saturated rings. The number of nitrogens with zero attached hydrogens (tertiary/aromatic N) is 3. The minimum Gasteiger partial charge on any atom is -0.352 e. The number of carbonyl (C=O) groups is 1. The van der Waals surface area contributed by atoms with Gasteiger partial charge in [-0.3, -0.25) is 9.78 Å². The monoisotopic (exact) mass is 444 g/mol. The van der Waals surface area contributed by atoms with Crippen LogP contribution in [0.3, 0.4) is 0 Å². The summed E-state index contributed by atoms with van der Waals surface area (Å²) in [5.74, 6) is -0.869. The molecule has 158 valence electrons. The summed E-state index contributed by atoms with van der Waals surface area (Å²) < 4.78 is 65.6. The fourth-order valence-electron chi connectivity index (χ4n) is 2.67. The van der Waals surface area contributed by atoms with Crippen molar-refractivity contribution >= 4 is 17.5 Å². The van der Waals surface area contributed by atoms with Gasteiger partial charge in [0.2, 0.25) is 0 Å². The molecule has 0 radical (unpaired) electrons. The van der Waals surface area contributed by atoms with E-state index in [9.17, 15) is 26.7 Å². The fourth-order valence-corrected chi connectivity index (χ4v) is 2.93. The normalized spacial score (nSPS) is 11.7. The molecule has 30 heavy (non-hydrogen) atoms. The molecule has 0 aliphatic rings. The zero-order valence-corrected chi connectivity index (χ0v) is 15.9. The number of hydrogen-bond donors (Lipinski definition) is 1. The summed E-state index contributed by atoms with van der Waals surface area (Å²) >= 11 is 6.15. The first-order chi connectivity index (χ1) is 14.2. The molecule has 0 saturated heterocycles. The molecule has 5 nitrogen and oxygen atoms in total. The Morgan fingerprint density at radius 3 is 2.57 bits per heavy atom. The quantitative estimate of drug-likeness (QED) is 0.553. The average molecular weight is 445 g/mol. The number of aromatic nitrogens is 3. The Balaban J connectivity index is 1.65. The maximum Gasteiger partial charge on any atom is 0.417 e. The van der Waals surface area contributed by atoms with Gasteiger partial charge in [0, 0.05) is 19.2 Å². The molecular formula is C19H14ClF5N4O. The van der Waals surface area contributed by atoms with Crippen LogP contribution in [0.5, 0.6) is 0 Å². The van der Waals surface area contributed by atoms with Gasteiger partial charge in [-0.1, -0.05) is 23.7 Å². The van der Waals surface area contributed by atoms with Crippen molar-refractivity contribution in [1.82, 2.24) is 20.1 Å². The predicted octanol–water partition coefficient (Wildman–Crippen LogP) is 4.85. The maximum absolute atomic E-state index is 13.0. The van der Waals surface area contributed by atoms with Crippen LogP contribution < -0.4 is 5.32 Å². The van der Waals surface area contributed by atoms with Gasteiger partial charge in [-0.25, -0.2) is 13.5 Å². The van der Waals surface area contributed by atoms with Gasteiger partial charge in [0.25, 0.3) is 12.3 Å². The Morgan fingerprint density at radius 2 is 1.93 bits per heavy atom. The van der Waals surface area contributed by atoms with Gasteiger partial charge >= 0.3 is 6.18 Å². The molecule has 1 N–H and O–H groups in total. The summed E-state index contributed by atoms with van der Waals surface area (Å²) in [7, 11) is 0. The first-order valence-corrected chi connectivity index (χ1v) is 8.96. The van der Waals surface area contributed by atoms with Crippen LogP contribution in [-0.2, 0) is 12.6 Å². The minimum absolute atomic E-state index is 0.00556. The second-order valence-electron chi connectivity index (χ2n) is 6.19. The van der Waals surface area contributed by atoms with E-state index in [1.807, 2.05) is 0 Å². The van der Waals surface area contributed by atoms with Crippen LogP contribution in [0, 0.1) is 0 Å². The first kappa shape index (κ1) is 21.7. The number of amides is 1. The number of halogens is 6.